The standard InChI is InChI=1S/C15H16F3NO/c16-15(17,18)12-3-1-10(2-4-12)9-13-14(20)11-5-7-19(13)8-6-11/h1-4,9,11,14,20H,5-8H2/p+1/b13-9-/t14-/m1/s1. The number of hydrogen-bond acceptors (Lipinski definition) is 1. The summed E-state index contributed by atoms with van der Waals surface area (Å²) in [6.07, 6.45) is -0.855. The smallest absolute Gasteiger partial charge is 0.383 e. The van der Waals surface area contributed by atoms with Crippen molar-refractivity contribution in [3.63, 3.8) is 0 Å². The maximum absolute atomic E-state index is 12.5. The summed E-state index contributed by atoms with van der Waals surface area (Å²) in [7, 11) is 0. The fourth-order valence-electron chi connectivity index (χ4n) is 3.19. The van der Waals surface area contributed by atoms with Crippen LogP contribution in [0.15, 0.2) is 30.0 Å². The molecule has 0 unspecified atom stereocenters. The van der Waals surface area contributed by atoms with Crippen molar-refractivity contribution in [2.75, 3.05) is 13.1 Å². The number of aliphatic hydroxyl groups is 1. The molecule has 1 aromatic rings. The first-order chi connectivity index (χ1) is 9.45. The largest absolute Gasteiger partial charge is 0.416 e. The Balaban J connectivity index is 1.85. The van der Waals surface area contributed by atoms with Gasteiger partial charge < -0.3 is 10.0 Å². The Hall–Kier alpha value is -1.33. The van der Waals surface area contributed by atoms with Gasteiger partial charge in [-0.1, -0.05) is 12.1 Å². The minimum absolute atomic E-state index is 0.313. The van der Waals surface area contributed by atoms with Crippen molar-refractivity contribution in [3.05, 3.63) is 41.1 Å². The number of alkyl halides is 3. The predicted molar refractivity (Wildman–Crippen MR) is 68.8 cm³/mol. The summed E-state index contributed by atoms with van der Waals surface area (Å²) in [5.41, 5.74) is 0.998. The topological polar surface area (TPSA) is 24.7 Å². The van der Waals surface area contributed by atoms with Crippen LogP contribution < -0.4 is 4.90 Å². The zero-order valence-electron chi connectivity index (χ0n) is 11.0. The second-order valence-corrected chi connectivity index (χ2v) is 5.61. The van der Waals surface area contributed by atoms with Crippen LogP contribution in [0.5, 0.6) is 0 Å². The predicted octanol–water partition coefficient (Wildman–Crippen LogP) is 1.72. The van der Waals surface area contributed by atoms with E-state index in [1.165, 1.54) is 17.0 Å². The van der Waals surface area contributed by atoms with Crippen molar-refractivity contribution in [1.82, 2.24) is 0 Å². The Morgan fingerprint density at radius 1 is 1.10 bits per heavy atom. The molecule has 3 aliphatic rings. The molecule has 3 fully saturated rings. The molecule has 3 aliphatic heterocycles. The van der Waals surface area contributed by atoms with Crippen LogP contribution in [0.3, 0.4) is 0 Å². The second-order valence-electron chi connectivity index (χ2n) is 5.61. The average Bonchev–Trinajstić information content (AvgIpc) is 2.43. The third kappa shape index (κ3) is 2.47. The summed E-state index contributed by atoms with van der Waals surface area (Å²) in [4.78, 5) is 1.26. The van der Waals surface area contributed by atoms with Crippen LogP contribution in [0.2, 0.25) is 0 Å². The monoisotopic (exact) mass is 284 g/mol. The molecule has 0 spiro atoms. The molecule has 0 aromatic heterocycles. The molecule has 3 heterocycles. The Kier molecular flexibility index (Phi) is 3.34. The summed E-state index contributed by atoms with van der Waals surface area (Å²) in [6.45, 7) is 2.02. The van der Waals surface area contributed by atoms with E-state index in [0.29, 0.717) is 11.5 Å². The van der Waals surface area contributed by atoms with E-state index in [2.05, 4.69) is 0 Å². The molecule has 2 nitrogen and oxygen atoms in total. The number of hydrogen-bond donors (Lipinski definition) is 2. The lowest BCUT2D eigenvalue weighted by molar-refractivity contribution is -0.880. The maximum Gasteiger partial charge on any atom is 0.416 e. The molecule has 4 rings (SSSR count). The van der Waals surface area contributed by atoms with Gasteiger partial charge in [0.15, 0.2) is 0 Å². The van der Waals surface area contributed by atoms with Crippen molar-refractivity contribution in [2.45, 2.75) is 25.1 Å². The van der Waals surface area contributed by atoms with Gasteiger partial charge in [0.05, 0.1) is 18.7 Å². The molecule has 2 N–H and O–H groups in total. The van der Waals surface area contributed by atoms with Crippen LogP contribution in [-0.2, 0) is 6.18 Å². The fraction of sp³-hybridized carbons (Fsp3) is 0.467. The summed E-state index contributed by atoms with van der Waals surface area (Å²) in [5.74, 6) is 0.313. The van der Waals surface area contributed by atoms with E-state index in [1.807, 2.05) is 6.08 Å². The van der Waals surface area contributed by atoms with E-state index < -0.39 is 17.8 Å². The van der Waals surface area contributed by atoms with Crippen molar-refractivity contribution in [3.8, 4) is 0 Å². The fourth-order valence-corrected chi connectivity index (χ4v) is 3.19. The van der Waals surface area contributed by atoms with Gasteiger partial charge in [0.1, 0.15) is 11.8 Å². The summed E-state index contributed by atoms with van der Waals surface area (Å²) in [5, 5.41) is 10.2. The van der Waals surface area contributed by atoms with Gasteiger partial charge in [-0.15, -0.1) is 0 Å². The Morgan fingerprint density at radius 2 is 1.70 bits per heavy atom. The minimum atomic E-state index is -4.30. The van der Waals surface area contributed by atoms with Crippen LogP contribution >= 0.6 is 0 Å². The first kappa shape index (κ1) is 13.6. The Labute approximate surface area is 115 Å². The van der Waals surface area contributed by atoms with E-state index in [-0.39, 0.29) is 0 Å². The highest BCUT2D eigenvalue weighted by molar-refractivity contribution is 5.52. The van der Waals surface area contributed by atoms with Gasteiger partial charge in [-0.3, -0.25) is 0 Å². The van der Waals surface area contributed by atoms with Crippen LogP contribution in [0, 0.1) is 5.92 Å². The molecule has 0 amide bonds. The number of aliphatic hydroxyl groups excluding tert-OH is 1. The SMILES string of the molecule is O[C@H]1/C(=C/c2ccc(C(F)(F)F)cc2)[NH+]2CCC1CC2. The van der Waals surface area contributed by atoms with Crippen molar-refractivity contribution < 1.29 is 23.2 Å². The lowest BCUT2D eigenvalue weighted by Gasteiger charge is -2.41. The summed E-state index contributed by atoms with van der Waals surface area (Å²) in [6, 6.07) is 5.10. The van der Waals surface area contributed by atoms with Gasteiger partial charge in [-0.05, 0) is 17.7 Å². The molecule has 108 valence electrons. The van der Waals surface area contributed by atoms with Gasteiger partial charge >= 0.3 is 6.18 Å². The normalized spacial score (nSPS) is 31.8. The number of quaternary nitrogens is 1. The number of halogens is 3. The van der Waals surface area contributed by atoms with Gasteiger partial charge in [0, 0.05) is 24.8 Å². The highest BCUT2D eigenvalue weighted by Crippen LogP contribution is 2.30. The van der Waals surface area contributed by atoms with Crippen molar-refractivity contribution in [2.24, 2.45) is 5.92 Å². The Morgan fingerprint density at radius 3 is 2.20 bits per heavy atom. The number of nitrogens with one attached hydrogen (secondary N) is 1. The molecule has 0 saturated carbocycles. The van der Waals surface area contributed by atoms with Gasteiger partial charge in [0.2, 0.25) is 0 Å². The molecule has 0 radical (unpaired) electrons. The zero-order chi connectivity index (χ0) is 14.3. The first-order valence-corrected chi connectivity index (χ1v) is 6.87. The van der Waals surface area contributed by atoms with E-state index in [0.717, 1.165) is 43.8 Å². The van der Waals surface area contributed by atoms with Crippen molar-refractivity contribution in [1.29, 1.82) is 0 Å². The molecule has 3 saturated heterocycles. The molecule has 5 heteroatoms. The third-order valence-corrected chi connectivity index (χ3v) is 4.37. The lowest BCUT2D eigenvalue weighted by atomic mass is 9.83. The highest BCUT2D eigenvalue weighted by Gasteiger charge is 2.41. The molecule has 2 bridgehead atoms. The average molecular weight is 284 g/mol. The van der Waals surface area contributed by atoms with Crippen LogP contribution in [0.25, 0.3) is 6.08 Å². The van der Waals surface area contributed by atoms with Crippen LogP contribution in [0.4, 0.5) is 13.2 Å². The van der Waals surface area contributed by atoms with Gasteiger partial charge in [0.25, 0.3) is 0 Å². The number of piperidine rings is 3. The maximum atomic E-state index is 12.5. The quantitative estimate of drug-likeness (QED) is 0.806. The zero-order valence-corrected chi connectivity index (χ0v) is 11.0. The van der Waals surface area contributed by atoms with E-state index in [9.17, 15) is 18.3 Å². The molecule has 0 aliphatic carbocycles. The van der Waals surface area contributed by atoms with Crippen LogP contribution in [0.1, 0.15) is 24.0 Å². The number of fused-ring (bicyclic) bond motifs is 3. The lowest BCUT2D eigenvalue weighted by Crippen LogP contribution is -3.14. The highest BCUT2D eigenvalue weighted by atomic mass is 19.4. The summed E-state index contributed by atoms with van der Waals surface area (Å²) >= 11 is 0. The molecular formula is C15H17F3NO+. The van der Waals surface area contributed by atoms with E-state index in [1.54, 1.807) is 0 Å². The molecule has 1 aromatic carbocycles. The van der Waals surface area contributed by atoms with Gasteiger partial charge in [-0.25, -0.2) is 0 Å². The van der Waals surface area contributed by atoms with E-state index in [4.69, 9.17) is 0 Å². The Bertz CT molecular complexity index is 509. The summed E-state index contributed by atoms with van der Waals surface area (Å²) < 4.78 is 37.5. The molecular weight excluding hydrogens is 267 g/mol. The third-order valence-electron chi connectivity index (χ3n) is 4.37. The first-order valence-electron chi connectivity index (χ1n) is 6.87. The van der Waals surface area contributed by atoms with Crippen LogP contribution in [-0.4, -0.2) is 24.3 Å². The van der Waals surface area contributed by atoms with E-state index >= 15 is 0 Å². The molecule has 20 heavy (non-hydrogen) atoms. The number of benzene rings is 1. The minimum Gasteiger partial charge on any atom is -0.383 e. The second kappa shape index (κ2) is 4.90. The molecule has 1 atom stereocenters. The number of rotatable bonds is 1. The van der Waals surface area contributed by atoms with Crippen molar-refractivity contribution >= 4 is 6.08 Å². The van der Waals surface area contributed by atoms with Gasteiger partial charge in [-0.2, -0.15) is 13.2 Å².